The van der Waals surface area contributed by atoms with Gasteiger partial charge in [-0.05, 0) is 24.8 Å². The SMILES string of the molecule is CCCCCCCCCCC1CCCN1S(=O)(=O)Cc1ccccc1. The highest BCUT2D eigenvalue weighted by Crippen LogP contribution is 2.27. The van der Waals surface area contributed by atoms with Crippen LogP contribution in [0.25, 0.3) is 0 Å². The molecule has 1 saturated heterocycles. The van der Waals surface area contributed by atoms with Crippen LogP contribution in [0.1, 0.15) is 83.1 Å². The summed E-state index contributed by atoms with van der Waals surface area (Å²) in [6.07, 6.45) is 13.5. The van der Waals surface area contributed by atoms with E-state index in [2.05, 4.69) is 6.92 Å². The van der Waals surface area contributed by atoms with E-state index < -0.39 is 10.0 Å². The van der Waals surface area contributed by atoms with Gasteiger partial charge in [0, 0.05) is 12.6 Å². The molecule has 4 heteroatoms. The van der Waals surface area contributed by atoms with Gasteiger partial charge >= 0.3 is 0 Å². The summed E-state index contributed by atoms with van der Waals surface area (Å²) in [7, 11) is -3.19. The van der Waals surface area contributed by atoms with Crippen LogP contribution >= 0.6 is 0 Å². The van der Waals surface area contributed by atoms with E-state index in [4.69, 9.17) is 0 Å². The number of sulfonamides is 1. The van der Waals surface area contributed by atoms with Gasteiger partial charge in [-0.2, -0.15) is 4.31 Å². The summed E-state index contributed by atoms with van der Waals surface area (Å²) in [6.45, 7) is 2.95. The average Bonchev–Trinajstić information content (AvgIpc) is 3.07. The lowest BCUT2D eigenvalue weighted by molar-refractivity contribution is 0.358. The third-order valence-corrected chi connectivity index (χ3v) is 7.16. The van der Waals surface area contributed by atoms with Gasteiger partial charge in [-0.3, -0.25) is 0 Å². The smallest absolute Gasteiger partial charge is 0.212 e. The van der Waals surface area contributed by atoms with Crippen LogP contribution in [0.4, 0.5) is 0 Å². The fourth-order valence-electron chi connectivity index (χ4n) is 3.85. The van der Waals surface area contributed by atoms with E-state index in [-0.39, 0.29) is 11.8 Å². The Labute approximate surface area is 154 Å². The van der Waals surface area contributed by atoms with Crippen LogP contribution in [0.3, 0.4) is 0 Å². The van der Waals surface area contributed by atoms with Crippen molar-refractivity contribution in [1.29, 1.82) is 0 Å². The van der Waals surface area contributed by atoms with Gasteiger partial charge in [-0.15, -0.1) is 0 Å². The summed E-state index contributed by atoms with van der Waals surface area (Å²) in [5.74, 6) is 0.141. The Bertz CT molecular complexity index is 571. The van der Waals surface area contributed by atoms with Gasteiger partial charge in [0.2, 0.25) is 10.0 Å². The number of nitrogens with zero attached hydrogens (tertiary/aromatic N) is 1. The summed E-state index contributed by atoms with van der Waals surface area (Å²) >= 11 is 0. The molecular formula is C21H35NO2S. The van der Waals surface area contributed by atoms with Gasteiger partial charge in [-0.25, -0.2) is 8.42 Å². The average molecular weight is 366 g/mol. The first-order chi connectivity index (χ1) is 12.1. The van der Waals surface area contributed by atoms with Crippen molar-refractivity contribution in [3.63, 3.8) is 0 Å². The highest BCUT2D eigenvalue weighted by molar-refractivity contribution is 7.88. The zero-order valence-electron chi connectivity index (χ0n) is 15.8. The maximum atomic E-state index is 12.8. The number of rotatable bonds is 12. The zero-order valence-corrected chi connectivity index (χ0v) is 16.6. The quantitative estimate of drug-likeness (QED) is 0.458. The molecule has 1 fully saturated rings. The fraction of sp³-hybridized carbons (Fsp3) is 0.714. The van der Waals surface area contributed by atoms with Crippen molar-refractivity contribution in [2.75, 3.05) is 6.54 Å². The van der Waals surface area contributed by atoms with E-state index >= 15 is 0 Å². The summed E-state index contributed by atoms with van der Waals surface area (Å²) in [5.41, 5.74) is 0.889. The van der Waals surface area contributed by atoms with E-state index in [1.165, 1.54) is 44.9 Å². The van der Waals surface area contributed by atoms with E-state index in [1.54, 1.807) is 4.31 Å². The summed E-state index contributed by atoms with van der Waals surface area (Å²) in [5, 5.41) is 0. The highest BCUT2D eigenvalue weighted by atomic mass is 32.2. The lowest BCUT2D eigenvalue weighted by atomic mass is 10.0. The van der Waals surface area contributed by atoms with Gasteiger partial charge in [0.25, 0.3) is 0 Å². The summed E-state index contributed by atoms with van der Waals surface area (Å²) in [6, 6.07) is 9.78. The fourth-order valence-corrected chi connectivity index (χ4v) is 5.70. The van der Waals surface area contributed by atoms with Crippen molar-refractivity contribution in [3.8, 4) is 0 Å². The molecule has 0 N–H and O–H groups in total. The predicted octanol–water partition coefficient (Wildman–Crippen LogP) is 5.51. The van der Waals surface area contributed by atoms with Crippen LogP contribution in [-0.2, 0) is 15.8 Å². The van der Waals surface area contributed by atoms with Gasteiger partial charge < -0.3 is 0 Å². The minimum Gasteiger partial charge on any atom is -0.212 e. The molecule has 1 unspecified atom stereocenters. The molecule has 0 aromatic heterocycles. The number of hydrogen-bond donors (Lipinski definition) is 0. The maximum Gasteiger partial charge on any atom is 0.218 e. The van der Waals surface area contributed by atoms with Crippen LogP contribution in [-0.4, -0.2) is 25.3 Å². The molecule has 1 aliphatic heterocycles. The van der Waals surface area contributed by atoms with Crippen LogP contribution in [0.5, 0.6) is 0 Å². The van der Waals surface area contributed by atoms with Gasteiger partial charge in [-0.1, -0.05) is 88.6 Å². The molecule has 1 aliphatic rings. The lowest BCUT2D eigenvalue weighted by Crippen LogP contribution is -2.36. The Balaban J connectivity index is 1.72. The van der Waals surface area contributed by atoms with Gasteiger partial charge in [0.1, 0.15) is 0 Å². The molecule has 0 aliphatic carbocycles. The van der Waals surface area contributed by atoms with Crippen molar-refractivity contribution in [2.45, 2.75) is 89.3 Å². The summed E-state index contributed by atoms with van der Waals surface area (Å²) < 4.78 is 27.3. The number of hydrogen-bond acceptors (Lipinski definition) is 2. The van der Waals surface area contributed by atoms with Gasteiger partial charge in [0.15, 0.2) is 0 Å². The van der Waals surface area contributed by atoms with Crippen LogP contribution in [0.15, 0.2) is 30.3 Å². The second-order valence-electron chi connectivity index (χ2n) is 7.41. The minimum atomic E-state index is -3.19. The third-order valence-electron chi connectivity index (χ3n) is 5.26. The number of benzene rings is 1. The molecule has 2 rings (SSSR count). The third kappa shape index (κ3) is 7.10. The van der Waals surface area contributed by atoms with Crippen molar-refractivity contribution < 1.29 is 8.42 Å². The van der Waals surface area contributed by atoms with E-state index in [1.807, 2.05) is 30.3 Å². The normalized spacial score (nSPS) is 18.7. The first-order valence-corrected chi connectivity index (χ1v) is 11.8. The number of unbranched alkanes of at least 4 members (excludes halogenated alkanes) is 7. The molecule has 1 atom stereocenters. The molecule has 3 nitrogen and oxygen atoms in total. The Morgan fingerprint density at radius 2 is 1.60 bits per heavy atom. The predicted molar refractivity (Wildman–Crippen MR) is 106 cm³/mol. The van der Waals surface area contributed by atoms with E-state index in [0.717, 1.165) is 31.2 Å². The molecule has 25 heavy (non-hydrogen) atoms. The molecular weight excluding hydrogens is 330 g/mol. The van der Waals surface area contributed by atoms with Crippen LogP contribution < -0.4 is 0 Å². The summed E-state index contributed by atoms with van der Waals surface area (Å²) in [4.78, 5) is 0. The van der Waals surface area contributed by atoms with Crippen LogP contribution in [0, 0.1) is 0 Å². The molecule has 1 aromatic carbocycles. The maximum absolute atomic E-state index is 12.8. The molecule has 0 amide bonds. The first-order valence-electron chi connectivity index (χ1n) is 10.2. The first kappa shape index (κ1) is 20.4. The standard InChI is InChI=1S/C21H35NO2S/c1-2-3-4-5-6-7-8-12-16-21-17-13-18-22(21)25(23,24)19-20-14-10-9-11-15-20/h9-11,14-15,21H,2-8,12-13,16-19H2,1H3. The highest BCUT2D eigenvalue weighted by Gasteiger charge is 2.33. The molecule has 0 radical (unpaired) electrons. The van der Waals surface area contributed by atoms with Crippen molar-refractivity contribution in [3.05, 3.63) is 35.9 Å². The monoisotopic (exact) mass is 365 g/mol. The molecule has 1 aromatic rings. The Morgan fingerprint density at radius 3 is 2.28 bits per heavy atom. The molecule has 1 heterocycles. The molecule has 0 spiro atoms. The molecule has 0 bridgehead atoms. The van der Waals surface area contributed by atoms with Crippen molar-refractivity contribution in [2.24, 2.45) is 0 Å². The Morgan fingerprint density at radius 1 is 0.960 bits per heavy atom. The second kappa shape index (κ2) is 11.0. The Kier molecular flexibility index (Phi) is 8.97. The van der Waals surface area contributed by atoms with E-state index in [0.29, 0.717) is 6.54 Å². The van der Waals surface area contributed by atoms with Crippen molar-refractivity contribution >= 4 is 10.0 Å². The van der Waals surface area contributed by atoms with Gasteiger partial charge in [0.05, 0.1) is 5.75 Å². The zero-order chi connectivity index (χ0) is 18.0. The molecule has 0 saturated carbocycles. The van der Waals surface area contributed by atoms with Crippen LogP contribution in [0.2, 0.25) is 0 Å². The minimum absolute atomic E-state index is 0.141. The Hall–Kier alpha value is -0.870. The largest absolute Gasteiger partial charge is 0.218 e. The van der Waals surface area contributed by atoms with Crippen molar-refractivity contribution in [1.82, 2.24) is 4.31 Å². The molecule has 142 valence electrons. The lowest BCUT2D eigenvalue weighted by Gasteiger charge is -2.24. The second-order valence-corrected chi connectivity index (χ2v) is 9.33. The topological polar surface area (TPSA) is 37.4 Å². The van der Waals surface area contributed by atoms with E-state index in [9.17, 15) is 8.42 Å².